The molecule has 1 aliphatic rings. The van der Waals surface area contributed by atoms with Gasteiger partial charge < -0.3 is 9.64 Å². The van der Waals surface area contributed by atoms with Crippen LogP contribution in [0.1, 0.15) is 23.7 Å². The van der Waals surface area contributed by atoms with E-state index in [9.17, 15) is 9.18 Å². The maximum Gasteiger partial charge on any atom is 0.343 e. The summed E-state index contributed by atoms with van der Waals surface area (Å²) in [6.07, 6.45) is 2.84. The molecule has 2 aromatic rings. The van der Waals surface area contributed by atoms with Crippen molar-refractivity contribution in [1.29, 1.82) is 0 Å². The minimum atomic E-state index is -0.817. The van der Waals surface area contributed by atoms with Gasteiger partial charge in [-0.2, -0.15) is 5.10 Å². The van der Waals surface area contributed by atoms with Crippen molar-refractivity contribution in [3.8, 4) is 0 Å². The van der Waals surface area contributed by atoms with Crippen LogP contribution in [0.5, 0.6) is 0 Å². The van der Waals surface area contributed by atoms with E-state index in [1.807, 2.05) is 4.90 Å². The van der Waals surface area contributed by atoms with E-state index < -0.39 is 12.1 Å². The first-order valence-corrected chi connectivity index (χ1v) is 6.59. The normalized spacial score (nSPS) is 18.7. The first kappa shape index (κ1) is 12.8. The maximum absolute atomic E-state index is 13.3. The van der Waals surface area contributed by atoms with Crippen molar-refractivity contribution in [2.45, 2.75) is 19.5 Å². The van der Waals surface area contributed by atoms with Crippen molar-refractivity contribution in [3.05, 3.63) is 24.0 Å². The van der Waals surface area contributed by atoms with Gasteiger partial charge in [-0.05, 0) is 19.4 Å². The Morgan fingerprint density at radius 3 is 3.15 bits per heavy atom. The first-order valence-electron chi connectivity index (χ1n) is 6.59. The van der Waals surface area contributed by atoms with Crippen LogP contribution in [0.2, 0.25) is 0 Å². The van der Waals surface area contributed by atoms with Crippen LogP contribution < -0.4 is 4.90 Å². The van der Waals surface area contributed by atoms with E-state index in [0.29, 0.717) is 43.1 Å². The van der Waals surface area contributed by atoms with Gasteiger partial charge in [-0.1, -0.05) is 0 Å². The van der Waals surface area contributed by atoms with Gasteiger partial charge in [0.1, 0.15) is 17.6 Å². The number of hydrogen-bond acceptors (Lipinski definition) is 5. The molecule has 0 amide bonds. The summed E-state index contributed by atoms with van der Waals surface area (Å²) >= 11 is 0. The van der Waals surface area contributed by atoms with Crippen LogP contribution in [0, 0.1) is 0 Å². The summed E-state index contributed by atoms with van der Waals surface area (Å²) in [7, 11) is 0. The van der Waals surface area contributed by atoms with Gasteiger partial charge in [0.2, 0.25) is 0 Å². The van der Waals surface area contributed by atoms with Gasteiger partial charge in [-0.3, -0.25) is 0 Å². The molecule has 3 heterocycles. The lowest BCUT2D eigenvalue weighted by atomic mass is 10.3. The van der Waals surface area contributed by atoms with Crippen LogP contribution in [-0.4, -0.2) is 46.4 Å². The Morgan fingerprint density at radius 2 is 2.45 bits per heavy atom. The molecule has 0 aliphatic carbocycles. The molecule has 1 saturated heterocycles. The summed E-state index contributed by atoms with van der Waals surface area (Å²) in [6, 6.07) is 1.77. The van der Waals surface area contributed by atoms with Crippen molar-refractivity contribution in [2.75, 3.05) is 24.6 Å². The van der Waals surface area contributed by atoms with Gasteiger partial charge >= 0.3 is 5.97 Å². The molecule has 0 saturated carbocycles. The zero-order valence-electron chi connectivity index (χ0n) is 11.1. The highest BCUT2D eigenvalue weighted by Crippen LogP contribution is 2.21. The van der Waals surface area contributed by atoms with Crippen LogP contribution in [-0.2, 0) is 4.74 Å². The number of halogens is 1. The van der Waals surface area contributed by atoms with Crippen molar-refractivity contribution in [1.82, 2.24) is 14.6 Å². The Kier molecular flexibility index (Phi) is 3.25. The van der Waals surface area contributed by atoms with E-state index in [2.05, 4.69) is 10.1 Å². The molecule has 1 aliphatic heterocycles. The third-order valence-electron chi connectivity index (χ3n) is 3.30. The fraction of sp³-hybridized carbons (Fsp3) is 0.462. The quantitative estimate of drug-likeness (QED) is 0.795. The monoisotopic (exact) mass is 278 g/mol. The average Bonchev–Trinajstić information content (AvgIpc) is 3.04. The third kappa shape index (κ3) is 2.19. The van der Waals surface area contributed by atoms with Gasteiger partial charge in [-0.15, -0.1) is 0 Å². The van der Waals surface area contributed by atoms with Gasteiger partial charge in [0.05, 0.1) is 19.3 Å². The molecule has 106 valence electrons. The van der Waals surface area contributed by atoms with Crippen LogP contribution in [0.15, 0.2) is 18.5 Å². The molecular weight excluding hydrogens is 263 g/mol. The zero-order valence-corrected chi connectivity index (χ0v) is 11.1. The summed E-state index contributed by atoms with van der Waals surface area (Å²) in [6.45, 7) is 3.01. The van der Waals surface area contributed by atoms with Crippen molar-refractivity contribution in [3.63, 3.8) is 0 Å². The molecular formula is C13H15FN4O2. The number of ether oxygens (including phenoxy) is 1. The van der Waals surface area contributed by atoms with E-state index in [0.717, 1.165) is 0 Å². The van der Waals surface area contributed by atoms with Crippen molar-refractivity contribution < 1.29 is 13.9 Å². The summed E-state index contributed by atoms with van der Waals surface area (Å²) in [5, 5.41) is 4.07. The number of rotatable bonds is 3. The lowest BCUT2D eigenvalue weighted by Gasteiger charge is -2.16. The number of carbonyl (C=O) groups is 1. The highest BCUT2D eigenvalue weighted by molar-refractivity contribution is 5.95. The molecule has 0 bridgehead atoms. The number of aromatic nitrogens is 3. The van der Waals surface area contributed by atoms with Gasteiger partial charge in [-0.25, -0.2) is 18.7 Å². The fourth-order valence-corrected chi connectivity index (χ4v) is 2.31. The number of esters is 1. The fourth-order valence-electron chi connectivity index (χ4n) is 2.31. The third-order valence-corrected chi connectivity index (χ3v) is 3.30. The number of alkyl halides is 1. The molecule has 0 aromatic carbocycles. The molecule has 20 heavy (non-hydrogen) atoms. The van der Waals surface area contributed by atoms with E-state index in [4.69, 9.17) is 4.74 Å². The molecule has 6 nitrogen and oxygen atoms in total. The largest absolute Gasteiger partial charge is 0.462 e. The molecule has 7 heteroatoms. The minimum Gasteiger partial charge on any atom is -0.462 e. The minimum absolute atomic E-state index is 0.297. The number of hydrogen-bond donors (Lipinski definition) is 0. The summed E-state index contributed by atoms with van der Waals surface area (Å²) in [4.78, 5) is 18.1. The molecule has 3 rings (SSSR count). The predicted molar refractivity (Wildman–Crippen MR) is 70.7 cm³/mol. The van der Waals surface area contributed by atoms with Crippen LogP contribution in [0.4, 0.5) is 10.2 Å². The molecule has 0 spiro atoms. The predicted octanol–water partition coefficient (Wildman–Crippen LogP) is 1.45. The lowest BCUT2D eigenvalue weighted by Crippen LogP contribution is -2.21. The van der Waals surface area contributed by atoms with Gasteiger partial charge in [0, 0.05) is 12.7 Å². The zero-order chi connectivity index (χ0) is 14.1. The van der Waals surface area contributed by atoms with E-state index in [-0.39, 0.29) is 0 Å². The van der Waals surface area contributed by atoms with Gasteiger partial charge in [0.25, 0.3) is 0 Å². The molecule has 0 N–H and O–H groups in total. The molecule has 1 unspecified atom stereocenters. The second kappa shape index (κ2) is 5.07. The Labute approximate surface area is 115 Å². The topological polar surface area (TPSA) is 59.7 Å². The maximum atomic E-state index is 13.3. The second-order valence-electron chi connectivity index (χ2n) is 4.66. The standard InChI is InChI=1S/C13H15FN4O2/c1-2-20-13(19)10-7-15-18-6-4-11(16-12(10)18)17-5-3-9(14)8-17/h4,6-7,9H,2-3,5,8H2,1H3. The van der Waals surface area contributed by atoms with Gasteiger partial charge in [0.15, 0.2) is 5.65 Å². The average molecular weight is 278 g/mol. The highest BCUT2D eigenvalue weighted by Gasteiger charge is 2.24. The lowest BCUT2D eigenvalue weighted by molar-refractivity contribution is 0.0528. The molecule has 0 radical (unpaired) electrons. The van der Waals surface area contributed by atoms with Crippen LogP contribution in [0.25, 0.3) is 5.65 Å². The van der Waals surface area contributed by atoms with Crippen molar-refractivity contribution >= 4 is 17.4 Å². The Hall–Kier alpha value is -2.18. The second-order valence-corrected chi connectivity index (χ2v) is 4.66. The van der Waals surface area contributed by atoms with Crippen LogP contribution >= 0.6 is 0 Å². The molecule has 1 atom stereocenters. The van der Waals surface area contributed by atoms with E-state index in [1.165, 1.54) is 10.7 Å². The SMILES string of the molecule is CCOC(=O)c1cnn2ccc(N3CCC(F)C3)nc12. The summed E-state index contributed by atoms with van der Waals surface area (Å²) in [5.74, 6) is 0.209. The smallest absolute Gasteiger partial charge is 0.343 e. The Bertz CT molecular complexity index is 642. The number of fused-ring (bicyclic) bond motifs is 1. The Morgan fingerprint density at radius 1 is 1.60 bits per heavy atom. The first-order chi connectivity index (χ1) is 9.69. The molecule has 2 aromatic heterocycles. The summed E-state index contributed by atoms with van der Waals surface area (Å²) in [5.41, 5.74) is 0.757. The summed E-state index contributed by atoms with van der Waals surface area (Å²) < 4.78 is 19.7. The highest BCUT2D eigenvalue weighted by atomic mass is 19.1. The Balaban J connectivity index is 1.96. The van der Waals surface area contributed by atoms with E-state index in [1.54, 1.807) is 19.2 Å². The number of anilines is 1. The van der Waals surface area contributed by atoms with Crippen molar-refractivity contribution in [2.24, 2.45) is 0 Å². The van der Waals surface area contributed by atoms with Crippen LogP contribution in [0.3, 0.4) is 0 Å². The number of nitrogens with zero attached hydrogens (tertiary/aromatic N) is 4. The van der Waals surface area contributed by atoms with E-state index >= 15 is 0 Å². The number of carbonyl (C=O) groups excluding carboxylic acids is 1. The molecule has 1 fully saturated rings.